The molecule has 2 aromatic carbocycles. The lowest BCUT2D eigenvalue weighted by Gasteiger charge is -2.18. The molecule has 0 spiro atoms. The zero-order valence-corrected chi connectivity index (χ0v) is 14.8. The molecule has 2 N–H and O–H groups in total. The van der Waals surface area contributed by atoms with Gasteiger partial charge in [0.05, 0.1) is 0 Å². The summed E-state index contributed by atoms with van der Waals surface area (Å²) in [6, 6.07) is 6.69. The molecule has 0 fully saturated rings. The van der Waals surface area contributed by atoms with Crippen LogP contribution in [-0.2, 0) is 10.0 Å². The number of hydrogen-bond acceptors (Lipinski definition) is 3. The lowest BCUT2D eigenvalue weighted by Crippen LogP contribution is -2.14. The van der Waals surface area contributed by atoms with Crippen molar-refractivity contribution < 1.29 is 21.6 Å². The average Bonchev–Trinajstić information content (AvgIpc) is 2.52. The highest BCUT2D eigenvalue weighted by Gasteiger charge is 2.20. The Bertz CT molecular complexity index is 1060. The average molecular weight is 395 g/mol. The Morgan fingerprint density at radius 3 is 2.19 bits per heavy atom. The highest BCUT2D eigenvalue weighted by Crippen LogP contribution is 2.31. The van der Waals surface area contributed by atoms with Crippen molar-refractivity contribution in [2.24, 2.45) is 5.14 Å². The summed E-state index contributed by atoms with van der Waals surface area (Å²) in [7, 11) is -4.15. The summed E-state index contributed by atoms with van der Waals surface area (Å²) in [5.74, 6) is -2.87. The van der Waals surface area contributed by atoms with Gasteiger partial charge < -0.3 is 0 Å². The van der Waals surface area contributed by atoms with Gasteiger partial charge in [-0.25, -0.2) is 26.7 Å². The van der Waals surface area contributed by atoms with Crippen molar-refractivity contribution in [1.82, 2.24) is 0 Å². The monoisotopic (exact) mass is 395 g/mol. The van der Waals surface area contributed by atoms with Crippen LogP contribution in [0.25, 0.3) is 5.57 Å². The van der Waals surface area contributed by atoms with Gasteiger partial charge in [0.25, 0.3) is 0 Å². The van der Waals surface area contributed by atoms with Crippen LogP contribution in [0.4, 0.5) is 13.2 Å². The van der Waals surface area contributed by atoms with Crippen molar-refractivity contribution in [3.63, 3.8) is 0 Å². The van der Waals surface area contributed by atoms with Gasteiger partial charge in [0.2, 0.25) is 10.0 Å². The van der Waals surface area contributed by atoms with Gasteiger partial charge in [-0.05, 0) is 47.0 Å². The zero-order valence-electron chi connectivity index (χ0n) is 13.1. The molecule has 3 rings (SSSR count). The van der Waals surface area contributed by atoms with Crippen LogP contribution in [0.3, 0.4) is 0 Å². The number of sulfonamides is 1. The van der Waals surface area contributed by atoms with E-state index >= 15 is 0 Å². The SMILES string of the molecule is NS(=O)(=O)c1ccc(C2=CC(=S)C(c3cc(F)cc(F)c3)C=C2)cc1F. The lowest BCUT2D eigenvalue weighted by molar-refractivity contribution is 0.567. The number of allylic oxidation sites excluding steroid dienone is 4. The van der Waals surface area contributed by atoms with E-state index in [2.05, 4.69) is 0 Å². The molecule has 1 unspecified atom stereocenters. The first kappa shape index (κ1) is 18.5. The molecule has 2 aromatic rings. The number of benzene rings is 2. The molecule has 3 nitrogen and oxygen atoms in total. The molecule has 1 atom stereocenters. The zero-order chi connectivity index (χ0) is 19.1. The molecule has 0 radical (unpaired) electrons. The Balaban J connectivity index is 1.93. The Hall–Kier alpha value is -2.29. The third-order valence-electron chi connectivity index (χ3n) is 3.89. The third-order valence-corrected chi connectivity index (χ3v) is 5.20. The Morgan fingerprint density at radius 2 is 1.65 bits per heavy atom. The first-order valence-electron chi connectivity index (χ1n) is 7.37. The largest absolute Gasteiger partial charge is 0.240 e. The number of thiocarbonyl (C=S) groups is 1. The number of nitrogens with two attached hydrogens (primary N) is 1. The molecule has 0 aliphatic heterocycles. The van der Waals surface area contributed by atoms with Gasteiger partial charge in [-0.3, -0.25) is 0 Å². The minimum absolute atomic E-state index is 0.370. The molecule has 0 saturated heterocycles. The molecule has 0 aromatic heterocycles. The maximum Gasteiger partial charge on any atom is 0.240 e. The topological polar surface area (TPSA) is 60.2 Å². The summed E-state index contributed by atoms with van der Waals surface area (Å²) in [5, 5.41) is 4.94. The van der Waals surface area contributed by atoms with Gasteiger partial charge in [0, 0.05) is 16.8 Å². The number of primary sulfonamides is 1. The van der Waals surface area contributed by atoms with Gasteiger partial charge in [-0.2, -0.15) is 0 Å². The van der Waals surface area contributed by atoms with Crippen molar-refractivity contribution in [2.45, 2.75) is 10.8 Å². The summed E-state index contributed by atoms with van der Waals surface area (Å²) >= 11 is 5.31. The second kappa shape index (κ2) is 6.79. The molecule has 134 valence electrons. The van der Waals surface area contributed by atoms with Crippen molar-refractivity contribution in [3.8, 4) is 0 Å². The highest BCUT2D eigenvalue weighted by atomic mass is 32.2. The Morgan fingerprint density at radius 1 is 1.00 bits per heavy atom. The molecule has 8 heteroatoms. The van der Waals surface area contributed by atoms with Crippen LogP contribution in [0.15, 0.2) is 59.5 Å². The van der Waals surface area contributed by atoms with Crippen molar-refractivity contribution in [2.75, 3.05) is 0 Å². The van der Waals surface area contributed by atoms with Crippen LogP contribution >= 0.6 is 12.2 Å². The van der Waals surface area contributed by atoms with Crippen LogP contribution in [0, 0.1) is 17.5 Å². The lowest BCUT2D eigenvalue weighted by atomic mass is 9.88. The predicted octanol–water partition coefficient (Wildman–Crippen LogP) is 3.86. The van der Waals surface area contributed by atoms with E-state index in [1.165, 1.54) is 18.2 Å². The van der Waals surface area contributed by atoms with E-state index in [1.807, 2.05) is 0 Å². The summed E-state index contributed by atoms with van der Waals surface area (Å²) in [5.41, 5.74) is 1.31. The van der Waals surface area contributed by atoms with E-state index in [4.69, 9.17) is 17.4 Å². The molecule has 0 bridgehead atoms. The fourth-order valence-corrected chi connectivity index (χ4v) is 3.64. The number of hydrogen-bond donors (Lipinski definition) is 1. The van der Waals surface area contributed by atoms with Crippen LogP contribution in [-0.4, -0.2) is 13.3 Å². The Kier molecular flexibility index (Phi) is 4.83. The van der Waals surface area contributed by atoms with E-state index in [1.54, 1.807) is 18.2 Å². The maximum absolute atomic E-state index is 14.0. The molecule has 1 aliphatic carbocycles. The standard InChI is InChI=1S/C18H12F3NO2S2/c19-13-5-12(6-14(20)9-13)15-3-1-11(8-17(15)25)10-2-4-18(16(21)7-10)26(22,23)24/h1-9,15H,(H2,22,23,24). The molecule has 0 saturated carbocycles. The second-order valence-corrected chi connectivity index (χ2v) is 7.73. The van der Waals surface area contributed by atoms with Gasteiger partial charge in [0.15, 0.2) is 0 Å². The first-order valence-corrected chi connectivity index (χ1v) is 9.33. The summed E-state index contributed by atoms with van der Waals surface area (Å²) in [4.78, 5) is -0.208. The minimum atomic E-state index is -4.15. The van der Waals surface area contributed by atoms with E-state index < -0.39 is 38.3 Å². The maximum atomic E-state index is 14.0. The molecule has 26 heavy (non-hydrogen) atoms. The van der Waals surface area contributed by atoms with Gasteiger partial charge in [-0.1, -0.05) is 30.4 Å². The van der Waals surface area contributed by atoms with Crippen LogP contribution in [0.2, 0.25) is 0 Å². The first-order chi connectivity index (χ1) is 12.1. The molecular formula is C18H12F3NO2S2. The van der Waals surface area contributed by atoms with Crippen molar-refractivity contribution in [1.29, 1.82) is 0 Å². The van der Waals surface area contributed by atoms with E-state index in [9.17, 15) is 21.6 Å². The van der Waals surface area contributed by atoms with Crippen LogP contribution in [0.1, 0.15) is 17.0 Å². The number of halogens is 3. The summed E-state index contributed by atoms with van der Waals surface area (Å²) < 4.78 is 63.4. The van der Waals surface area contributed by atoms with Gasteiger partial charge in [0.1, 0.15) is 22.3 Å². The van der Waals surface area contributed by atoms with Crippen LogP contribution < -0.4 is 5.14 Å². The van der Waals surface area contributed by atoms with Gasteiger partial charge in [-0.15, -0.1) is 0 Å². The quantitative estimate of drug-likeness (QED) is 0.803. The normalized spacial score (nSPS) is 17.3. The minimum Gasteiger partial charge on any atom is -0.225 e. The van der Waals surface area contributed by atoms with Crippen LogP contribution in [0.5, 0.6) is 0 Å². The van der Waals surface area contributed by atoms with Crippen molar-refractivity contribution in [3.05, 3.63) is 83.2 Å². The van der Waals surface area contributed by atoms with E-state index in [0.717, 1.165) is 18.2 Å². The molecule has 1 aliphatic rings. The summed E-state index contributed by atoms with van der Waals surface area (Å²) in [6.07, 6.45) is 4.86. The fraction of sp³-hybridized carbons (Fsp3) is 0.0556. The highest BCUT2D eigenvalue weighted by molar-refractivity contribution is 7.89. The molecule has 0 amide bonds. The smallest absolute Gasteiger partial charge is 0.225 e. The Labute approximate surface area is 153 Å². The fourth-order valence-electron chi connectivity index (χ4n) is 2.71. The van der Waals surface area contributed by atoms with E-state index in [0.29, 0.717) is 21.6 Å². The summed E-state index contributed by atoms with van der Waals surface area (Å²) in [6.45, 7) is 0. The van der Waals surface area contributed by atoms with E-state index in [-0.39, 0.29) is 0 Å². The van der Waals surface area contributed by atoms with Crippen molar-refractivity contribution >= 4 is 32.7 Å². The molecular weight excluding hydrogens is 383 g/mol. The molecule has 0 heterocycles. The van der Waals surface area contributed by atoms with Gasteiger partial charge >= 0.3 is 0 Å². The third kappa shape index (κ3) is 3.77. The second-order valence-electron chi connectivity index (χ2n) is 5.73. The predicted molar refractivity (Wildman–Crippen MR) is 96.6 cm³/mol. The number of rotatable bonds is 3.